The highest BCUT2D eigenvalue weighted by Gasteiger charge is 2.24. The molecule has 0 saturated heterocycles. The number of hydrogen-bond acceptors (Lipinski definition) is 1. The highest BCUT2D eigenvalue weighted by molar-refractivity contribution is 6.14. The van der Waals surface area contributed by atoms with Gasteiger partial charge in [-0.1, -0.05) is 133 Å². The van der Waals surface area contributed by atoms with Gasteiger partial charge in [0.25, 0.3) is 0 Å². The van der Waals surface area contributed by atoms with Crippen LogP contribution in [0.2, 0.25) is 0 Å². The van der Waals surface area contributed by atoms with E-state index in [-0.39, 0.29) is 0 Å². The second-order valence-corrected chi connectivity index (χ2v) is 15.0. The van der Waals surface area contributed by atoms with E-state index in [2.05, 4.69) is 209 Å². The quantitative estimate of drug-likeness (QED) is 0.173. The Bertz CT molecular complexity index is 3270. The topological polar surface area (TPSA) is 19.1 Å². The summed E-state index contributed by atoms with van der Waals surface area (Å²) in [6.07, 6.45) is 0. The number of hydrogen-bond donors (Lipinski definition) is 0. The maximum atomic E-state index is 6.62. The van der Waals surface area contributed by atoms with Gasteiger partial charge in [-0.05, 0) is 117 Å². The Hall–Kier alpha value is -7.62. The van der Waals surface area contributed by atoms with Crippen molar-refractivity contribution < 1.29 is 4.74 Å². The number of aromatic nitrogens is 2. The van der Waals surface area contributed by atoms with Crippen molar-refractivity contribution in [3.05, 3.63) is 206 Å². The number of ether oxygens (including phenoxy) is 1. The zero-order valence-corrected chi connectivity index (χ0v) is 30.9. The molecule has 57 heavy (non-hydrogen) atoms. The molecule has 12 rings (SSSR count). The van der Waals surface area contributed by atoms with Crippen LogP contribution in [-0.4, -0.2) is 9.13 Å². The fraction of sp³-hybridized carbons (Fsp3) is 0. The van der Waals surface area contributed by atoms with E-state index in [4.69, 9.17) is 4.74 Å². The molecule has 0 saturated carbocycles. The van der Waals surface area contributed by atoms with Crippen molar-refractivity contribution in [1.82, 2.24) is 9.13 Å². The van der Waals surface area contributed by atoms with Crippen molar-refractivity contribution in [2.45, 2.75) is 0 Å². The van der Waals surface area contributed by atoms with E-state index in [0.29, 0.717) is 0 Å². The Labute approximate surface area is 329 Å². The molecule has 3 heteroatoms. The summed E-state index contributed by atoms with van der Waals surface area (Å²) in [4.78, 5) is 0. The van der Waals surface area contributed by atoms with E-state index in [0.717, 1.165) is 50.6 Å². The summed E-state index contributed by atoms with van der Waals surface area (Å²) in [5.41, 5.74) is 16.3. The minimum atomic E-state index is 0.869. The van der Waals surface area contributed by atoms with Gasteiger partial charge >= 0.3 is 0 Å². The van der Waals surface area contributed by atoms with Crippen molar-refractivity contribution in [1.29, 1.82) is 0 Å². The Kier molecular flexibility index (Phi) is 6.93. The van der Waals surface area contributed by atoms with Crippen molar-refractivity contribution in [2.75, 3.05) is 0 Å². The van der Waals surface area contributed by atoms with Gasteiger partial charge in [0.2, 0.25) is 0 Å². The van der Waals surface area contributed by atoms with Crippen molar-refractivity contribution in [3.8, 4) is 67.4 Å². The van der Waals surface area contributed by atoms with Gasteiger partial charge in [-0.2, -0.15) is 0 Å². The van der Waals surface area contributed by atoms with Crippen LogP contribution in [0.1, 0.15) is 0 Å². The predicted octanol–water partition coefficient (Wildman–Crippen LogP) is 14.7. The first-order valence-electron chi connectivity index (χ1n) is 19.5. The van der Waals surface area contributed by atoms with Gasteiger partial charge < -0.3 is 13.9 Å². The van der Waals surface area contributed by atoms with Gasteiger partial charge in [0.15, 0.2) is 11.5 Å². The first kappa shape index (κ1) is 31.7. The smallest absolute Gasteiger partial charge is 0.152 e. The minimum absolute atomic E-state index is 0.869. The lowest BCUT2D eigenvalue weighted by molar-refractivity contribution is 0.476. The van der Waals surface area contributed by atoms with E-state index < -0.39 is 0 Å². The Morgan fingerprint density at radius 1 is 0.281 bits per heavy atom. The van der Waals surface area contributed by atoms with E-state index in [9.17, 15) is 0 Å². The standard InChI is InChI=1S/C54H34N2O/c1-3-13-35(14-4-1)40-25-27-49-45(31-40)46-32-41(36-15-5-2-6-16-36)26-28-50(46)55(49)43-20-12-19-39(30-43)37-17-11-18-38(29-37)42-33-47-44-21-7-8-22-48(44)56-51-23-9-10-24-52(51)57-53(34-42)54(47)56/h1-34H. The Morgan fingerprint density at radius 2 is 0.807 bits per heavy atom. The number of fused-ring (bicyclic) bond motifs is 8. The molecule has 0 radical (unpaired) electrons. The molecule has 3 nitrogen and oxygen atoms in total. The van der Waals surface area contributed by atoms with Crippen LogP contribution < -0.4 is 4.74 Å². The van der Waals surface area contributed by atoms with Gasteiger partial charge in [0.05, 0.1) is 27.8 Å². The van der Waals surface area contributed by atoms with E-state index in [1.54, 1.807) is 0 Å². The molecule has 266 valence electrons. The van der Waals surface area contributed by atoms with Crippen molar-refractivity contribution in [3.63, 3.8) is 0 Å². The molecule has 0 amide bonds. The molecule has 0 fully saturated rings. The summed E-state index contributed by atoms with van der Waals surface area (Å²) >= 11 is 0. The molecule has 0 bridgehead atoms. The van der Waals surface area contributed by atoms with Gasteiger partial charge in [0.1, 0.15) is 0 Å². The van der Waals surface area contributed by atoms with Crippen LogP contribution in [0.15, 0.2) is 206 Å². The van der Waals surface area contributed by atoms with Crippen LogP contribution in [0.3, 0.4) is 0 Å². The molecule has 0 spiro atoms. The second-order valence-electron chi connectivity index (χ2n) is 15.0. The molecule has 1 aliphatic rings. The average Bonchev–Trinajstić information content (AvgIpc) is 3.80. The summed E-state index contributed by atoms with van der Waals surface area (Å²) in [5, 5.41) is 4.89. The number of nitrogens with zero attached hydrogens (tertiary/aromatic N) is 2. The van der Waals surface area contributed by atoms with Crippen LogP contribution in [-0.2, 0) is 0 Å². The first-order chi connectivity index (χ1) is 28.2. The van der Waals surface area contributed by atoms with Crippen molar-refractivity contribution >= 4 is 43.6 Å². The van der Waals surface area contributed by atoms with Crippen LogP contribution in [0.5, 0.6) is 11.5 Å². The number of para-hydroxylation sites is 3. The lowest BCUT2D eigenvalue weighted by Crippen LogP contribution is -2.03. The maximum Gasteiger partial charge on any atom is 0.152 e. The van der Waals surface area contributed by atoms with Crippen LogP contribution in [0, 0.1) is 0 Å². The molecule has 0 atom stereocenters. The molecule has 9 aromatic carbocycles. The maximum absolute atomic E-state index is 6.62. The average molecular weight is 727 g/mol. The zero-order chi connectivity index (χ0) is 37.5. The predicted molar refractivity (Wildman–Crippen MR) is 237 cm³/mol. The lowest BCUT2D eigenvalue weighted by atomic mass is 9.97. The largest absolute Gasteiger partial charge is 0.453 e. The summed E-state index contributed by atoms with van der Waals surface area (Å²) in [6.45, 7) is 0. The highest BCUT2D eigenvalue weighted by Crippen LogP contribution is 2.47. The molecule has 0 unspecified atom stereocenters. The first-order valence-corrected chi connectivity index (χ1v) is 19.5. The molecular weight excluding hydrogens is 693 g/mol. The number of rotatable bonds is 5. The van der Waals surface area contributed by atoms with E-state index in [1.807, 2.05) is 6.07 Å². The molecule has 0 aliphatic carbocycles. The molecule has 0 N–H and O–H groups in total. The zero-order valence-electron chi connectivity index (χ0n) is 30.9. The fourth-order valence-corrected chi connectivity index (χ4v) is 9.03. The molecule has 1 aliphatic heterocycles. The molecule has 3 heterocycles. The minimum Gasteiger partial charge on any atom is -0.453 e. The van der Waals surface area contributed by atoms with Crippen LogP contribution >= 0.6 is 0 Å². The van der Waals surface area contributed by atoms with Crippen LogP contribution in [0.25, 0.3) is 99.5 Å². The van der Waals surface area contributed by atoms with Gasteiger partial charge in [-0.25, -0.2) is 0 Å². The SMILES string of the molecule is c1ccc(-c2ccc3c(c2)c2cc(-c4ccccc4)ccc2n3-c2cccc(-c3cccc(-c4cc5c6c(c4)c4ccccc4n6-c4ccccc4O5)c3)c2)cc1. The third-order valence-electron chi connectivity index (χ3n) is 11.7. The van der Waals surface area contributed by atoms with Gasteiger partial charge in [-0.3, -0.25) is 0 Å². The van der Waals surface area contributed by atoms with Gasteiger partial charge in [0, 0.05) is 27.2 Å². The third kappa shape index (κ3) is 4.99. The highest BCUT2D eigenvalue weighted by atomic mass is 16.5. The van der Waals surface area contributed by atoms with E-state index >= 15 is 0 Å². The third-order valence-corrected chi connectivity index (χ3v) is 11.7. The molecule has 11 aromatic rings. The monoisotopic (exact) mass is 726 g/mol. The fourth-order valence-electron chi connectivity index (χ4n) is 9.03. The second kappa shape index (κ2) is 12.5. The van der Waals surface area contributed by atoms with Gasteiger partial charge in [-0.15, -0.1) is 0 Å². The molecule has 2 aromatic heterocycles. The number of benzene rings is 9. The van der Waals surface area contributed by atoms with Crippen LogP contribution in [0.4, 0.5) is 0 Å². The Morgan fingerprint density at radius 3 is 1.53 bits per heavy atom. The summed E-state index contributed by atoms with van der Waals surface area (Å²) in [6, 6.07) is 74.5. The summed E-state index contributed by atoms with van der Waals surface area (Å²) < 4.78 is 11.4. The summed E-state index contributed by atoms with van der Waals surface area (Å²) in [5.74, 6) is 1.75. The Balaban J connectivity index is 0.996. The van der Waals surface area contributed by atoms with E-state index in [1.165, 1.54) is 60.3 Å². The van der Waals surface area contributed by atoms with Crippen molar-refractivity contribution in [2.24, 2.45) is 0 Å². The normalized spacial score (nSPS) is 12.0. The summed E-state index contributed by atoms with van der Waals surface area (Å²) in [7, 11) is 0. The molecular formula is C54H34N2O. The lowest BCUT2D eigenvalue weighted by Gasteiger charge is -2.21.